The molecule has 1 aliphatic heterocycles. The number of aryl methyl sites for hydroxylation is 1. The van der Waals surface area contributed by atoms with Gasteiger partial charge in [-0.25, -0.2) is 4.98 Å². The summed E-state index contributed by atoms with van der Waals surface area (Å²) in [6.07, 6.45) is 5.47. The number of aromatic nitrogens is 5. The normalized spacial score (nSPS) is 12.9. The van der Waals surface area contributed by atoms with Gasteiger partial charge in [-0.2, -0.15) is 5.21 Å². The minimum absolute atomic E-state index is 0.0838. The van der Waals surface area contributed by atoms with Crippen molar-refractivity contribution in [2.75, 3.05) is 6.54 Å². The fraction of sp³-hybridized carbons (Fsp3) is 0.240. The molecular weight excluding hydrogens is 448 g/mol. The van der Waals surface area contributed by atoms with Gasteiger partial charge in [-0.3, -0.25) is 4.79 Å². The van der Waals surface area contributed by atoms with E-state index in [2.05, 4.69) is 37.4 Å². The van der Waals surface area contributed by atoms with E-state index >= 15 is 0 Å². The number of nitrogens with zero attached hydrogens (tertiary/aromatic N) is 5. The van der Waals surface area contributed by atoms with Crippen LogP contribution in [-0.2, 0) is 24.4 Å². The van der Waals surface area contributed by atoms with E-state index in [0.717, 1.165) is 11.1 Å². The molecule has 0 radical (unpaired) electrons. The van der Waals surface area contributed by atoms with Crippen molar-refractivity contribution in [3.05, 3.63) is 70.8 Å². The SMILES string of the molecule is CC#Cc1nc(COc2cc3c(cc2-c2nn[nH]n2)CCN(C(=O)/C=C/c2ccco2)C3)c(C)o1. The summed E-state index contributed by atoms with van der Waals surface area (Å²) in [4.78, 5) is 18.9. The van der Waals surface area contributed by atoms with E-state index in [1.54, 1.807) is 36.3 Å². The second kappa shape index (κ2) is 9.69. The fourth-order valence-electron chi connectivity index (χ4n) is 3.86. The lowest BCUT2D eigenvalue weighted by atomic mass is 9.96. The Morgan fingerprint density at radius 2 is 2.26 bits per heavy atom. The highest BCUT2D eigenvalue weighted by molar-refractivity contribution is 5.91. The summed E-state index contributed by atoms with van der Waals surface area (Å²) in [5.74, 6) is 8.12. The van der Waals surface area contributed by atoms with Crippen LogP contribution in [0.2, 0.25) is 0 Å². The number of carbonyl (C=O) groups is 1. The highest BCUT2D eigenvalue weighted by atomic mass is 16.5. The maximum Gasteiger partial charge on any atom is 0.273 e. The first-order valence-corrected chi connectivity index (χ1v) is 11.0. The lowest BCUT2D eigenvalue weighted by Gasteiger charge is -2.29. The summed E-state index contributed by atoms with van der Waals surface area (Å²) in [6.45, 7) is 4.78. The van der Waals surface area contributed by atoms with Crippen LogP contribution in [0.3, 0.4) is 0 Å². The number of carbonyl (C=O) groups excluding carboxylic acids is 1. The Labute approximate surface area is 201 Å². The van der Waals surface area contributed by atoms with Gasteiger partial charge in [0.25, 0.3) is 5.89 Å². The van der Waals surface area contributed by atoms with Gasteiger partial charge < -0.3 is 18.5 Å². The second-order valence-electron chi connectivity index (χ2n) is 7.90. The number of aromatic amines is 1. The van der Waals surface area contributed by atoms with Crippen LogP contribution in [0, 0.1) is 18.8 Å². The van der Waals surface area contributed by atoms with E-state index in [4.69, 9.17) is 13.6 Å². The largest absolute Gasteiger partial charge is 0.486 e. The Hall–Kier alpha value is -4.65. The van der Waals surface area contributed by atoms with E-state index in [1.807, 2.05) is 19.1 Å². The number of H-pyrrole nitrogens is 1. The molecule has 0 atom stereocenters. The molecule has 1 N–H and O–H groups in total. The number of ether oxygens (including phenoxy) is 1. The van der Waals surface area contributed by atoms with Gasteiger partial charge in [-0.05, 0) is 72.9 Å². The third kappa shape index (κ3) is 4.84. The third-order valence-electron chi connectivity index (χ3n) is 5.63. The molecule has 5 rings (SSSR count). The molecule has 4 aromatic rings. The second-order valence-corrected chi connectivity index (χ2v) is 7.90. The monoisotopic (exact) mass is 470 g/mol. The molecule has 4 heterocycles. The number of hydrogen-bond acceptors (Lipinski definition) is 8. The van der Waals surface area contributed by atoms with Crippen LogP contribution in [0.5, 0.6) is 5.75 Å². The molecule has 0 bridgehead atoms. The smallest absolute Gasteiger partial charge is 0.273 e. The molecule has 0 saturated heterocycles. The van der Waals surface area contributed by atoms with E-state index in [9.17, 15) is 4.79 Å². The molecule has 1 aliphatic rings. The maximum atomic E-state index is 12.7. The highest BCUT2D eigenvalue weighted by Crippen LogP contribution is 2.34. The lowest BCUT2D eigenvalue weighted by Crippen LogP contribution is -2.34. The minimum atomic E-state index is -0.0838. The molecule has 1 amide bonds. The van der Waals surface area contributed by atoms with Crippen molar-refractivity contribution >= 4 is 12.0 Å². The van der Waals surface area contributed by atoms with Crippen LogP contribution in [0.15, 0.2) is 45.4 Å². The van der Waals surface area contributed by atoms with Crippen LogP contribution in [0.4, 0.5) is 0 Å². The van der Waals surface area contributed by atoms with E-state index in [0.29, 0.717) is 59.8 Å². The Bertz CT molecular complexity index is 1420. The summed E-state index contributed by atoms with van der Waals surface area (Å²) in [5, 5.41) is 14.4. The highest BCUT2D eigenvalue weighted by Gasteiger charge is 2.23. The lowest BCUT2D eigenvalue weighted by molar-refractivity contribution is -0.126. The molecule has 0 fully saturated rings. The van der Waals surface area contributed by atoms with E-state index in [1.165, 1.54) is 6.08 Å². The number of furan rings is 1. The van der Waals surface area contributed by atoms with Gasteiger partial charge in [0, 0.05) is 19.2 Å². The molecule has 10 heteroatoms. The van der Waals surface area contributed by atoms with Gasteiger partial charge in [-0.1, -0.05) is 5.92 Å². The zero-order chi connectivity index (χ0) is 24.2. The van der Waals surface area contributed by atoms with E-state index in [-0.39, 0.29) is 12.5 Å². The number of rotatable bonds is 6. The Morgan fingerprint density at radius 1 is 1.34 bits per heavy atom. The number of hydrogen-bond donors (Lipinski definition) is 1. The average Bonchev–Trinajstić information content (AvgIpc) is 3.63. The first kappa shape index (κ1) is 22.2. The number of amides is 1. The van der Waals surface area contributed by atoms with Gasteiger partial charge in [0.1, 0.15) is 29.6 Å². The molecule has 176 valence electrons. The van der Waals surface area contributed by atoms with Crippen molar-refractivity contribution in [2.24, 2.45) is 0 Å². The van der Waals surface area contributed by atoms with Gasteiger partial charge in [0.2, 0.25) is 11.7 Å². The molecule has 0 saturated carbocycles. The van der Waals surface area contributed by atoms with Crippen molar-refractivity contribution in [3.8, 4) is 29.0 Å². The maximum absolute atomic E-state index is 12.7. The summed E-state index contributed by atoms with van der Waals surface area (Å²) in [7, 11) is 0. The molecule has 35 heavy (non-hydrogen) atoms. The number of oxazole rings is 1. The molecule has 10 nitrogen and oxygen atoms in total. The van der Waals surface area contributed by atoms with Crippen molar-refractivity contribution in [2.45, 2.75) is 33.4 Å². The van der Waals surface area contributed by atoms with Crippen LogP contribution in [0.25, 0.3) is 17.5 Å². The van der Waals surface area contributed by atoms with Crippen molar-refractivity contribution < 1.29 is 18.4 Å². The Kier molecular flexibility index (Phi) is 6.13. The Balaban J connectivity index is 1.39. The minimum Gasteiger partial charge on any atom is -0.486 e. The topological polar surface area (TPSA) is 123 Å². The summed E-state index contributed by atoms with van der Waals surface area (Å²) in [6, 6.07) is 7.51. The zero-order valence-corrected chi connectivity index (χ0v) is 19.2. The van der Waals surface area contributed by atoms with Gasteiger partial charge in [0.05, 0.1) is 11.8 Å². The fourth-order valence-corrected chi connectivity index (χ4v) is 3.86. The first-order chi connectivity index (χ1) is 17.1. The molecule has 3 aromatic heterocycles. The standard InChI is InChI=1S/C25H22N6O4/c1-3-5-23-26-21(16(2)35-23)15-34-22-13-18-14-31(24(32)8-7-19-6-4-11-33-19)10-9-17(18)12-20(22)25-27-29-30-28-25/h4,6-8,11-13H,9-10,14-15H2,1-2H3,(H,27,28,29,30)/b8-7+. The summed E-state index contributed by atoms with van der Waals surface area (Å²) < 4.78 is 17.0. The van der Waals surface area contributed by atoms with Crippen LogP contribution >= 0.6 is 0 Å². The number of benzene rings is 1. The molecule has 0 spiro atoms. The van der Waals surface area contributed by atoms with Crippen LogP contribution in [-0.4, -0.2) is 43.0 Å². The van der Waals surface area contributed by atoms with Crippen molar-refractivity contribution in [1.82, 2.24) is 30.5 Å². The summed E-state index contributed by atoms with van der Waals surface area (Å²) in [5.41, 5.74) is 3.46. The first-order valence-electron chi connectivity index (χ1n) is 11.0. The zero-order valence-electron chi connectivity index (χ0n) is 19.2. The number of fused-ring (bicyclic) bond motifs is 1. The third-order valence-corrected chi connectivity index (χ3v) is 5.63. The molecular formula is C25H22N6O4. The predicted octanol–water partition coefficient (Wildman–Crippen LogP) is 3.30. The van der Waals surface area contributed by atoms with Gasteiger partial charge >= 0.3 is 0 Å². The van der Waals surface area contributed by atoms with Gasteiger partial charge in [0.15, 0.2) is 0 Å². The number of nitrogens with one attached hydrogen (secondary N) is 1. The van der Waals surface area contributed by atoms with Crippen LogP contribution in [0.1, 0.15) is 41.2 Å². The Morgan fingerprint density at radius 3 is 3.03 bits per heavy atom. The van der Waals surface area contributed by atoms with Crippen LogP contribution < -0.4 is 4.74 Å². The number of tetrazole rings is 1. The molecule has 0 unspecified atom stereocenters. The molecule has 1 aromatic carbocycles. The quantitative estimate of drug-likeness (QED) is 0.336. The van der Waals surface area contributed by atoms with E-state index < -0.39 is 0 Å². The average molecular weight is 470 g/mol. The summed E-state index contributed by atoms with van der Waals surface area (Å²) >= 11 is 0. The predicted molar refractivity (Wildman–Crippen MR) is 125 cm³/mol. The van der Waals surface area contributed by atoms with Crippen molar-refractivity contribution in [3.63, 3.8) is 0 Å². The molecule has 0 aliphatic carbocycles. The van der Waals surface area contributed by atoms with Crippen molar-refractivity contribution in [1.29, 1.82) is 0 Å². The van der Waals surface area contributed by atoms with Gasteiger partial charge in [-0.15, -0.1) is 10.2 Å².